The van der Waals surface area contributed by atoms with E-state index in [4.69, 9.17) is 5.11 Å². The molecule has 0 spiro atoms. The van der Waals surface area contributed by atoms with Crippen LogP contribution in [0.25, 0.3) is 0 Å². The molecule has 3 nitrogen and oxygen atoms in total. The van der Waals surface area contributed by atoms with E-state index in [-0.39, 0.29) is 11.9 Å². The highest BCUT2D eigenvalue weighted by Crippen LogP contribution is 2.33. The first kappa shape index (κ1) is 13.5. The van der Waals surface area contributed by atoms with Crippen LogP contribution < -0.4 is 0 Å². The van der Waals surface area contributed by atoms with E-state index >= 15 is 0 Å². The summed E-state index contributed by atoms with van der Waals surface area (Å²) in [6.45, 7) is 4.79. The fourth-order valence-electron chi connectivity index (χ4n) is 2.48. The Kier molecular flexibility index (Phi) is 5.26. The number of esters is 1. The molecule has 2 fully saturated rings. The summed E-state index contributed by atoms with van der Waals surface area (Å²) in [4.78, 5) is 10.7. The maximum Gasteiger partial charge on any atom is 0.308 e. The molecule has 2 aliphatic rings. The third-order valence-electron chi connectivity index (χ3n) is 3.64. The summed E-state index contributed by atoms with van der Waals surface area (Å²) in [5.74, 6) is 2.44. The van der Waals surface area contributed by atoms with Crippen molar-refractivity contribution in [1.82, 2.24) is 0 Å². The fourth-order valence-corrected chi connectivity index (χ4v) is 2.48. The number of aliphatic hydroxyl groups excluding tert-OH is 1. The lowest BCUT2D eigenvalue weighted by Gasteiger charge is -2.30. The van der Waals surface area contributed by atoms with Gasteiger partial charge in [0.2, 0.25) is 0 Å². The van der Waals surface area contributed by atoms with Gasteiger partial charge in [0.15, 0.2) is 0 Å². The molecule has 16 heavy (non-hydrogen) atoms. The normalized spacial score (nSPS) is 36.2. The molecule has 0 saturated heterocycles. The van der Waals surface area contributed by atoms with Crippen LogP contribution in [-0.4, -0.2) is 24.8 Å². The number of carbonyl (C=O) groups excluding carboxylic acids is 1. The molecule has 0 unspecified atom stereocenters. The zero-order valence-electron chi connectivity index (χ0n) is 10.6. The van der Waals surface area contributed by atoms with E-state index in [1.807, 2.05) is 0 Å². The fraction of sp³-hybridized carbons (Fsp3) is 0.923. The Morgan fingerprint density at radius 3 is 1.94 bits per heavy atom. The summed E-state index contributed by atoms with van der Waals surface area (Å²) in [6, 6.07) is 0. The van der Waals surface area contributed by atoms with E-state index < -0.39 is 0 Å². The average molecular weight is 228 g/mol. The van der Waals surface area contributed by atoms with Crippen LogP contribution >= 0.6 is 0 Å². The number of methoxy groups -OCH3 is 1. The van der Waals surface area contributed by atoms with Crippen molar-refractivity contribution >= 4 is 5.97 Å². The molecule has 0 amide bonds. The first-order chi connectivity index (χ1) is 7.56. The Morgan fingerprint density at radius 2 is 1.69 bits per heavy atom. The van der Waals surface area contributed by atoms with Crippen molar-refractivity contribution in [3.63, 3.8) is 0 Å². The van der Waals surface area contributed by atoms with Gasteiger partial charge in [0.1, 0.15) is 0 Å². The minimum Gasteiger partial charge on any atom is -0.469 e. The minimum atomic E-state index is -0.0342. The Bertz CT molecular complexity index is 215. The Hall–Kier alpha value is -0.570. The third kappa shape index (κ3) is 3.78. The van der Waals surface area contributed by atoms with Crippen LogP contribution in [0, 0.1) is 23.7 Å². The zero-order valence-corrected chi connectivity index (χ0v) is 10.6. The van der Waals surface area contributed by atoms with Gasteiger partial charge in [0.25, 0.3) is 0 Å². The van der Waals surface area contributed by atoms with Gasteiger partial charge >= 0.3 is 5.97 Å². The highest BCUT2D eigenvalue weighted by molar-refractivity contribution is 5.73. The van der Waals surface area contributed by atoms with Crippen LogP contribution in [0.1, 0.15) is 39.5 Å². The molecule has 0 aromatic heterocycles. The van der Waals surface area contributed by atoms with Crippen molar-refractivity contribution in [2.45, 2.75) is 39.5 Å². The first-order valence-corrected chi connectivity index (χ1v) is 6.25. The molecule has 0 radical (unpaired) electrons. The van der Waals surface area contributed by atoms with Gasteiger partial charge in [-0.15, -0.1) is 0 Å². The van der Waals surface area contributed by atoms with Gasteiger partial charge in [-0.3, -0.25) is 4.79 Å². The molecule has 0 aromatic carbocycles. The van der Waals surface area contributed by atoms with Crippen LogP contribution in [-0.2, 0) is 9.53 Å². The first-order valence-electron chi connectivity index (χ1n) is 6.25. The molecule has 94 valence electrons. The molecule has 1 N–H and O–H groups in total. The van der Waals surface area contributed by atoms with E-state index in [9.17, 15) is 4.79 Å². The second-order valence-electron chi connectivity index (χ2n) is 5.42. The van der Waals surface area contributed by atoms with Gasteiger partial charge in [0, 0.05) is 6.61 Å². The predicted octanol–water partition coefficient (Wildman–Crippen LogP) is 2.23. The van der Waals surface area contributed by atoms with Crippen molar-refractivity contribution < 1.29 is 14.6 Å². The maximum absolute atomic E-state index is 10.7. The molecule has 0 heterocycles. The van der Waals surface area contributed by atoms with E-state index in [0.717, 1.165) is 24.7 Å². The topological polar surface area (TPSA) is 46.5 Å². The molecule has 0 aromatic rings. The van der Waals surface area contributed by atoms with E-state index in [2.05, 4.69) is 18.6 Å². The van der Waals surface area contributed by atoms with Crippen molar-refractivity contribution in [2.75, 3.05) is 13.7 Å². The molecular weight excluding hydrogens is 204 g/mol. The SMILES string of the molecule is CC1CC(CO)C1.COC(=O)C1CC(C)C1. The summed E-state index contributed by atoms with van der Waals surface area (Å²) in [6.07, 6.45) is 4.53. The van der Waals surface area contributed by atoms with Crippen molar-refractivity contribution in [3.8, 4) is 0 Å². The summed E-state index contributed by atoms with van der Waals surface area (Å²) in [5, 5.41) is 8.50. The number of hydrogen-bond donors (Lipinski definition) is 1. The highest BCUT2D eigenvalue weighted by Gasteiger charge is 2.31. The van der Waals surface area contributed by atoms with Gasteiger partial charge in [-0.05, 0) is 43.4 Å². The number of ether oxygens (including phenoxy) is 1. The number of hydrogen-bond acceptors (Lipinski definition) is 3. The summed E-state index contributed by atoms with van der Waals surface area (Å²) >= 11 is 0. The summed E-state index contributed by atoms with van der Waals surface area (Å²) in [7, 11) is 1.45. The van der Waals surface area contributed by atoms with Crippen molar-refractivity contribution in [2.24, 2.45) is 23.7 Å². The van der Waals surface area contributed by atoms with Gasteiger partial charge < -0.3 is 9.84 Å². The second-order valence-corrected chi connectivity index (χ2v) is 5.42. The molecule has 0 bridgehead atoms. The lowest BCUT2D eigenvalue weighted by molar-refractivity contribution is -0.149. The Morgan fingerprint density at radius 1 is 1.19 bits per heavy atom. The van der Waals surface area contributed by atoms with Crippen LogP contribution in [0.15, 0.2) is 0 Å². The molecule has 3 heteroatoms. The highest BCUT2D eigenvalue weighted by atomic mass is 16.5. The maximum atomic E-state index is 10.7. The molecule has 2 saturated carbocycles. The molecule has 0 atom stereocenters. The van der Waals surface area contributed by atoms with Crippen LogP contribution in [0.3, 0.4) is 0 Å². The molecule has 2 rings (SSSR count). The Labute approximate surface area is 98.2 Å². The van der Waals surface area contributed by atoms with E-state index in [1.165, 1.54) is 20.0 Å². The van der Waals surface area contributed by atoms with Crippen molar-refractivity contribution in [3.05, 3.63) is 0 Å². The predicted molar refractivity (Wildman–Crippen MR) is 62.9 cm³/mol. The van der Waals surface area contributed by atoms with E-state index in [0.29, 0.717) is 12.5 Å². The third-order valence-corrected chi connectivity index (χ3v) is 3.64. The van der Waals surface area contributed by atoms with Gasteiger partial charge in [-0.25, -0.2) is 0 Å². The molecule has 0 aliphatic heterocycles. The van der Waals surface area contributed by atoms with Crippen LogP contribution in [0.2, 0.25) is 0 Å². The smallest absolute Gasteiger partial charge is 0.308 e. The van der Waals surface area contributed by atoms with Crippen LogP contribution in [0.4, 0.5) is 0 Å². The number of carbonyl (C=O) groups is 1. The van der Waals surface area contributed by atoms with E-state index in [1.54, 1.807) is 0 Å². The number of aliphatic hydroxyl groups is 1. The van der Waals surface area contributed by atoms with Gasteiger partial charge in [-0.1, -0.05) is 13.8 Å². The van der Waals surface area contributed by atoms with Crippen molar-refractivity contribution in [1.29, 1.82) is 0 Å². The lowest BCUT2D eigenvalue weighted by atomic mass is 9.76. The molecule has 2 aliphatic carbocycles. The van der Waals surface area contributed by atoms with Crippen LogP contribution in [0.5, 0.6) is 0 Å². The lowest BCUT2D eigenvalue weighted by Crippen LogP contribution is -2.29. The van der Waals surface area contributed by atoms with Gasteiger partial charge in [-0.2, -0.15) is 0 Å². The number of rotatable bonds is 2. The van der Waals surface area contributed by atoms with Gasteiger partial charge in [0.05, 0.1) is 13.0 Å². The quantitative estimate of drug-likeness (QED) is 0.737. The molecular formula is C13H24O3. The zero-order chi connectivity index (χ0) is 12.1. The summed E-state index contributed by atoms with van der Waals surface area (Å²) < 4.78 is 4.56. The monoisotopic (exact) mass is 228 g/mol. The second kappa shape index (κ2) is 6.24. The average Bonchev–Trinajstić information content (AvgIpc) is 2.20. The largest absolute Gasteiger partial charge is 0.469 e. The minimum absolute atomic E-state index is 0.0342. The standard InChI is InChI=1S/C7H12O2.C6H12O/c1-5-3-6(4-5)7(8)9-2;1-5-2-6(3-5)4-7/h5-6H,3-4H2,1-2H3;5-7H,2-4H2,1H3. The Balaban J connectivity index is 0.000000165. The summed E-state index contributed by atoms with van der Waals surface area (Å²) in [5.41, 5.74) is 0.